The first-order valence-electron chi connectivity index (χ1n) is 12.2. The minimum atomic E-state index is -0.236. The van der Waals surface area contributed by atoms with Crippen LogP contribution in [0.15, 0.2) is 36.8 Å². The molecule has 1 aliphatic carbocycles. The van der Waals surface area contributed by atoms with Crippen LogP contribution in [-0.4, -0.2) is 45.5 Å². The third-order valence-electron chi connectivity index (χ3n) is 6.95. The molecular formula is C27H30N6O2. The lowest BCUT2D eigenvalue weighted by Gasteiger charge is -2.35. The second-order valence-corrected chi connectivity index (χ2v) is 9.19. The van der Waals surface area contributed by atoms with Crippen molar-refractivity contribution in [2.45, 2.75) is 51.6 Å². The van der Waals surface area contributed by atoms with Gasteiger partial charge in [-0.2, -0.15) is 5.26 Å². The minimum absolute atomic E-state index is 0.0334. The van der Waals surface area contributed by atoms with E-state index in [9.17, 15) is 10.1 Å². The molecule has 1 amide bonds. The van der Waals surface area contributed by atoms with Gasteiger partial charge in [-0.05, 0) is 61.8 Å². The van der Waals surface area contributed by atoms with Crippen LogP contribution in [-0.2, 0) is 13.0 Å². The minimum Gasteiger partial charge on any atom is -0.492 e. The number of aromatic nitrogens is 3. The zero-order valence-electron chi connectivity index (χ0n) is 20.4. The Morgan fingerprint density at radius 2 is 2.11 bits per heavy atom. The highest BCUT2D eigenvalue weighted by Crippen LogP contribution is 2.44. The van der Waals surface area contributed by atoms with Gasteiger partial charge in [0.1, 0.15) is 17.4 Å². The molecule has 2 aliphatic rings. The Labute approximate surface area is 205 Å². The number of nitrogens with zero attached hydrogens (tertiary/aromatic N) is 5. The molecule has 5 rings (SSSR count). The first kappa shape index (κ1) is 22.9. The number of hydrogen-bond donors (Lipinski definition) is 1. The van der Waals surface area contributed by atoms with Gasteiger partial charge >= 0.3 is 0 Å². The molecule has 3 aromatic rings. The molecule has 0 unspecified atom stereocenters. The number of carbonyl (C=O) groups is 1. The van der Waals surface area contributed by atoms with E-state index < -0.39 is 0 Å². The van der Waals surface area contributed by atoms with Gasteiger partial charge in [-0.25, -0.2) is 4.98 Å². The fourth-order valence-electron chi connectivity index (χ4n) is 4.99. The average molecular weight is 471 g/mol. The van der Waals surface area contributed by atoms with Crippen LogP contribution in [0.5, 0.6) is 5.75 Å². The summed E-state index contributed by atoms with van der Waals surface area (Å²) in [4.78, 5) is 24.5. The third-order valence-corrected chi connectivity index (χ3v) is 6.95. The predicted octanol–water partition coefficient (Wildman–Crippen LogP) is 4.28. The number of nitrogens with one attached hydrogen (secondary N) is 1. The maximum Gasteiger partial charge on any atom is 0.254 e. The van der Waals surface area contributed by atoms with Crippen LogP contribution in [0, 0.1) is 11.3 Å². The van der Waals surface area contributed by atoms with E-state index in [4.69, 9.17) is 4.74 Å². The van der Waals surface area contributed by atoms with Crippen LogP contribution in [0.25, 0.3) is 0 Å². The quantitative estimate of drug-likeness (QED) is 0.528. The summed E-state index contributed by atoms with van der Waals surface area (Å²) in [6.45, 7) is 5.63. The van der Waals surface area contributed by atoms with Gasteiger partial charge in [-0.15, -0.1) is 0 Å². The van der Waals surface area contributed by atoms with E-state index in [0.29, 0.717) is 36.9 Å². The summed E-state index contributed by atoms with van der Waals surface area (Å²) in [6, 6.07) is 8.03. The average Bonchev–Trinajstić information content (AvgIpc) is 3.63. The van der Waals surface area contributed by atoms with E-state index in [-0.39, 0.29) is 11.9 Å². The van der Waals surface area contributed by atoms with Crippen molar-refractivity contribution in [2.75, 3.05) is 25.5 Å². The third kappa shape index (κ3) is 4.34. The van der Waals surface area contributed by atoms with Gasteiger partial charge < -0.3 is 19.5 Å². The molecule has 2 aromatic heterocycles. The number of rotatable bonds is 8. The molecule has 1 aromatic carbocycles. The second kappa shape index (κ2) is 9.41. The van der Waals surface area contributed by atoms with Crippen LogP contribution in [0.3, 0.4) is 0 Å². The number of pyridine rings is 1. The van der Waals surface area contributed by atoms with Crippen molar-refractivity contribution < 1.29 is 9.53 Å². The molecule has 0 saturated heterocycles. The molecule has 180 valence electrons. The van der Waals surface area contributed by atoms with Gasteiger partial charge in [0.15, 0.2) is 0 Å². The first-order chi connectivity index (χ1) is 17.0. The summed E-state index contributed by atoms with van der Waals surface area (Å²) in [5.41, 5.74) is 5.56. The second-order valence-electron chi connectivity index (χ2n) is 9.19. The van der Waals surface area contributed by atoms with Crippen molar-refractivity contribution in [3.05, 3.63) is 70.3 Å². The zero-order chi connectivity index (χ0) is 24.5. The van der Waals surface area contributed by atoms with Crippen LogP contribution < -0.4 is 10.1 Å². The molecule has 0 bridgehead atoms. The first-order valence-corrected chi connectivity index (χ1v) is 12.2. The Morgan fingerprint density at radius 3 is 2.83 bits per heavy atom. The van der Waals surface area contributed by atoms with Gasteiger partial charge in [0.25, 0.3) is 5.91 Å². The van der Waals surface area contributed by atoms with Crippen molar-refractivity contribution >= 4 is 11.9 Å². The number of nitriles is 1. The van der Waals surface area contributed by atoms with Crippen molar-refractivity contribution in [3.63, 3.8) is 0 Å². The Kier molecular flexibility index (Phi) is 6.16. The molecule has 1 saturated carbocycles. The van der Waals surface area contributed by atoms with E-state index in [0.717, 1.165) is 29.2 Å². The normalized spacial score (nSPS) is 15.9. The molecule has 3 heterocycles. The number of hydrogen-bond acceptors (Lipinski definition) is 6. The van der Waals surface area contributed by atoms with Gasteiger partial charge in [0, 0.05) is 43.8 Å². The summed E-state index contributed by atoms with van der Waals surface area (Å²) >= 11 is 0. The number of ether oxygens (including phenoxy) is 1. The zero-order valence-corrected chi connectivity index (χ0v) is 20.4. The highest BCUT2D eigenvalue weighted by atomic mass is 16.5. The Morgan fingerprint density at radius 1 is 1.29 bits per heavy atom. The topological polar surface area (TPSA) is 96.1 Å². The summed E-state index contributed by atoms with van der Waals surface area (Å²) in [5.74, 6) is 1.90. The van der Waals surface area contributed by atoms with Crippen LogP contribution in [0.2, 0.25) is 0 Å². The van der Waals surface area contributed by atoms with Crippen LogP contribution in [0.4, 0.5) is 5.95 Å². The number of amides is 1. The van der Waals surface area contributed by atoms with Crippen molar-refractivity contribution in [3.8, 4) is 11.8 Å². The molecular weight excluding hydrogens is 440 g/mol. The van der Waals surface area contributed by atoms with Crippen molar-refractivity contribution in [1.82, 2.24) is 19.4 Å². The maximum atomic E-state index is 13.8. The van der Waals surface area contributed by atoms with E-state index in [2.05, 4.69) is 38.1 Å². The molecule has 8 heteroatoms. The van der Waals surface area contributed by atoms with Gasteiger partial charge in [0.2, 0.25) is 5.95 Å². The molecule has 8 nitrogen and oxygen atoms in total. The lowest BCUT2D eigenvalue weighted by Crippen LogP contribution is -2.40. The predicted molar refractivity (Wildman–Crippen MR) is 133 cm³/mol. The van der Waals surface area contributed by atoms with E-state index in [1.54, 1.807) is 12.3 Å². The number of fused-ring (bicyclic) bond motifs is 1. The summed E-state index contributed by atoms with van der Waals surface area (Å²) < 4.78 is 7.70. The number of carbonyl (C=O) groups excluding carboxylic acids is 1. The number of benzene rings is 1. The van der Waals surface area contributed by atoms with E-state index in [1.165, 1.54) is 30.2 Å². The smallest absolute Gasteiger partial charge is 0.254 e. The van der Waals surface area contributed by atoms with Crippen molar-refractivity contribution in [2.24, 2.45) is 0 Å². The summed E-state index contributed by atoms with van der Waals surface area (Å²) in [7, 11) is 1.86. The lowest BCUT2D eigenvalue weighted by atomic mass is 9.88. The number of anilines is 1. The summed E-state index contributed by atoms with van der Waals surface area (Å²) in [6.07, 6.45) is 8.47. The fourth-order valence-corrected chi connectivity index (χ4v) is 4.99. The molecule has 0 radical (unpaired) electrons. The van der Waals surface area contributed by atoms with Gasteiger partial charge in [-0.3, -0.25) is 9.78 Å². The highest BCUT2D eigenvalue weighted by Gasteiger charge is 2.35. The lowest BCUT2D eigenvalue weighted by molar-refractivity contribution is 0.0668. The van der Waals surface area contributed by atoms with Crippen molar-refractivity contribution in [1.29, 1.82) is 5.26 Å². The molecule has 1 aliphatic heterocycles. The molecule has 1 atom stereocenters. The van der Waals surface area contributed by atoms with Gasteiger partial charge in [-0.1, -0.05) is 6.07 Å². The fraction of sp³-hybridized carbons (Fsp3) is 0.407. The van der Waals surface area contributed by atoms with Gasteiger partial charge in [0.05, 0.1) is 24.9 Å². The van der Waals surface area contributed by atoms with E-state index in [1.807, 2.05) is 32.0 Å². The maximum absolute atomic E-state index is 13.8. The van der Waals surface area contributed by atoms with E-state index >= 15 is 0 Å². The standard InChI is InChI=1S/C27H30N6O2/c1-4-35-25-13-24(31-15-20(25)14-28)17(2)33-9-7-21-22(19-5-6-19)11-18(12-23(21)26(33)34)16-32-10-8-30-27(32)29-3/h8,10-13,15,17,19H,4-7,9,16H2,1-3H3,(H,29,30)/t17-/m1/s1. The highest BCUT2D eigenvalue weighted by molar-refractivity contribution is 5.97. The Bertz CT molecular complexity index is 1300. The monoisotopic (exact) mass is 470 g/mol. The van der Waals surface area contributed by atoms with Crippen LogP contribution in [0.1, 0.15) is 77.0 Å². The van der Waals surface area contributed by atoms with Crippen LogP contribution >= 0.6 is 0 Å². The Hall–Kier alpha value is -3.86. The number of imidazole rings is 1. The summed E-state index contributed by atoms with van der Waals surface area (Å²) in [5, 5.41) is 12.5. The molecule has 1 N–H and O–H groups in total. The SMILES string of the molecule is CCOc1cc([C@@H](C)N2CCc3c(cc(Cn4ccnc4NC)cc3C3CC3)C2=O)ncc1C#N. The molecule has 0 spiro atoms. The molecule has 1 fully saturated rings. The largest absolute Gasteiger partial charge is 0.492 e. The Balaban J connectivity index is 1.47. The molecule has 35 heavy (non-hydrogen) atoms.